The van der Waals surface area contributed by atoms with E-state index in [1.54, 1.807) is 55.6 Å². The van der Waals surface area contributed by atoms with Gasteiger partial charge in [-0.2, -0.15) is 8.78 Å². The van der Waals surface area contributed by atoms with Crippen LogP contribution in [0.5, 0.6) is 23.0 Å². The van der Waals surface area contributed by atoms with Gasteiger partial charge in [-0.05, 0) is 292 Å². The predicted molar refractivity (Wildman–Crippen MR) is 547 cm³/mol. The Morgan fingerprint density at radius 1 is 0.455 bits per heavy atom. The van der Waals surface area contributed by atoms with Crippen molar-refractivity contribution in [3.63, 3.8) is 0 Å². The summed E-state index contributed by atoms with van der Waals surface area (Å²) in [6.07, 6.45) is 20.7. The van der Waals surface area contributed by atoms with Gasteiger partial charge < -0.3 is 53.0 Å². The van der Waals surface area contributed by atoms with Crippen molar-refractivity contribution >= 4 is 49.8 Å². The summed E-state index contributed by atoms with van der Waals surface area (Å²) in [5.41, 5.74) is -0.455. The first-order valence-corrected chi connectivity index (χ1v) is 53.8. The van der Waals surface area contributed by atoms with E-state index >= 15 is 0 Å². The van der Waals surface area contributed by atoms with Crippen LogP contribution in [-0.4, -0.2) is 88.8 Å². The number of ether oxygens (including phenoxy) is 7. The molecule has 6 unspecified atom stereocenters. The van der Waals surface area contributed by atoms with Crippen LogP contribution in [0.25, 0.3) is 0 Å². The molecule has 3 N–H and O–H groups in total. The standard InChI is InChI=1S/C23H20F4O5S.C18H12F3S.C18H15S.C17H32O3.C16H26O4.C15H28O3.C10H14O/c1-3-13(2)15-6-4-14(5-7-15)12-31-16-8-10-17(11-9-16)32-22-18(24)20(26)23(33(28,29)30)21(27)19(22)25;19-13-1-7-16(8-2-13)22(17-9-3-14(20)4-10-17)18-11-5-15(21)6-12-18;1-4-10-16(11-5-1)19(17-12-6-2-7-13-17)18-14-8-3-9-15-18;1-7-17(5,6)14(18)20-15(16(2,3)4)19-13-11-9-8-10-12-13;1-4-13(2,3)12(17)20-16-7-11-5-14(18,9-16)8-15(19,6-11)10-16;1-5-15(2,3)14(16)18-13(17-4)11-12-9-7-6-8-10-12;1-3-8(2)9-4-6-10(11)7-5-9/h4-11,13H,3,12H2,1-2H3,(H,28,29,30);1-12H;1-15H;13,15H,7-12H2,1-6H3;11,18-19H,4-10H2,1-3H3;12-13H,5-11H2,1-4H3;4-8,11H,3H2,1-2H3/q;2*+1;;;;/p-1. The van der Waals surface area contributed by atoms with Crippen LogP contribution >= 0.6 is 0 Å². The van der Waals surface area contributed by atoms with Crippen LogP contribution in [0.15, 0.2) is 271 Å². The summed E-state index contributed by atoms with van der Waals surface area (Å²) in [5.74, 6) is -9.50. The zero-order valence-electron chi connectivity index (χ0n) is 85.8. The van der Waals surface area contributed by atoms with Crippen LogP contribution < -0.4 is 9.47 Å². The van der Waals surface area contributed by atoms with Gasteiger partial charge in [0.25, 0.3) is 0 Å². The summed E-state index contributed by atoms with van der Waals surface area (Å²) in [6.45, 7) is 32.5. The number of esters is 3. The average Bonchev–Trinajstić information content (AvgIpc) is 0.707. The van der Waals surface area contributed by atoms with E-state index < -0.39 is 94.3 Å². The van der Waals surface area contributed by atoms with Crippen LogP contribution in [0, 0.1) is 74.2 Å². The first-order chi connectivity index (χ1) is 67.6. The third-order valence-corrected chi connectivity index (χ3v) is 32.6. The van der Waals surface area contributed by atoms with Crippen molar-refractivity contribution in [1.29, 1.82) is 0 Å². The number of phenols is 1. The SMILES string of the molecule is CCC(C)(C)C(=O)OC(CC1CCCCC1)OC.CCC(C)(C)C(=O)OC(OC1CCCCC1)C(C)(C)C.CCC(C)(C)C(=O)OC12CC3CC(O)(CC(O)(C3)C1)C2.CCC(C)c1ccc(COc2ccc(Oc3c(F)c(F)c(S(=O)(=O)[O-])c(F)c3F)cc2)cc1.CCC(C)c1ccc(O)cc1.Fc1ccc([S+](c2ccc(F)cc2)c2ccc(F)cc2)cc1.c1ccc([S+](c2ccccc2)c2ccccc2)cc1. The van der Waals surface area contributed by atoms with E-state index in [1.165, 1.54) is 138 Å². The van der Waals surface area contributed by atoms with Crippen molar-refractivity contribution in [3.05, 3.63) is 294 Å². The zero-order chi connectivity index (χ0) is 105. The van der Waals surface area contributed by atoms with E-state index in [0.29, 0.717) is 48.5 Å². The first kappa shape index (κ1) is 117. The van der Waals surface area contributed by atoms with E-state index in [2.05, 4.69) is 139 Å². The molecule has 0 aromatic heterocycles. The van der Waals surface area contributed by atoms with Gasteiger partial charge in [0.05, 0.1) is 55.3 Å². The second kappa shape index (κ2) is 53.4. The molecule has 0 radical (unpaired) electrons. The van der Waals surface area contributed by atoms with Gasteiger partial charge in [-0.3, -0.25) is 14.4 Å². The Kier molecular flexibility index (Phi) is 43.5. The van der Waals surface area contributed by atoms with Gasteiger partial charge in [0.1, 0.15) is 61.9 Å². The van der Waals surface area contributed by atoms with Crippen molar-refractivity contribution in [1.82, 2.24) is 0 Å². The summed E-state index contributed by atoms with van der Waals surface area (Å²) in [5, 5.41) is 30.3. The quantitative estimate of drug-likeness (QED) is 0.00722. The number of benzene rings is 10. The number of carbonyl (C=O) groups is 3. The molecule has 0 heterocycles. The molecule has 143 heavy (non-hydrogen) atoms. The highest BCUT2D eigenvalue weighted by molar-refractivity contribution is 7.97. The summed E-state index contributed by atoms with van der Waals surface area (Å²) in [6, 6.07) is 71.3. The van der Waals surface area contributed by atoms with E-state index in [4.69, 9.17) is 38.3 Å². The predicted octanol–water partition coefficient (Wildman–Crippen LogP) is 29.7. The van der Waals surface area contributed by atoms with Crippen molar-refractivity contribution in [2.24, 2.45) is 33.5 Å². The molecule has 0 aliphatic heterocycles. The lowest BCUT2D eigenvalue weighted by atomic mass is 9.50. The molecule has 0 spiro atoms. The number of aromatic hydroxyl groups is 1. The Bertz CT molecular complexity index is 5460. The van der Waals surface area contributed by atoms with Crippen LogP contribution in [0.2, 0.25) is 0 Å². The number of hydrogen-bond donors (Lipinski definition) is 3. The molecule has 6 fully saturated rings. The Hall–Kier alpha value is -10.0. The van der Waals surface area contributed by atoms with Crippen molar-refractivity contribution in [3.8, 4) is 23.0 Å². The Morgan fingerprint density at radius 2 is 0.825 bits per heavy atom. The monoisotopic (exact) mass is 2040 g/mol. The van der Waals surface area contributed by atoms with Gasteiger partial charge in [-0.1, -0.05) is 212 Å². The molecule has 6 saturated carbocycles. The number of halogens is 7. The van der Waals surface area contributed by atoms with Gasteiger partial charge in [-0.25, -0.2) is 30.4 Å². The van der Waals surface area contributed by atoms with Crippen LogP contribution in [-0.2, 0) is 76.6 Å². The maximum atomic E-state index is 14.1. The van der Waals surface area contributed by atoms with Crippen molar-refractivity contribution in [2.75, 3.05) is 7.11 Å². The van der Waals surface area contributed by atoms with Crippen molar-refractivity contribution in [2.45, 2.75) is 340 Å². The van der Waals surface area contributed by atoms with E-state index in [1.807, 2.05) is 98.7 Å². The van der Waals surface area contributed by atoms with Crippen LogP contribution in [0.3, 0.4) is 0 Å². The maximum absolute atomic E-state index is 14.1. The fraction of sp³-hybridized carbons (Fsp3) is 0.462. The van der Waals surface area contributed by atoms with Gasteiger partial charge in [0.2, 0.25) is 30.0 Å². The highest BCUT2D eigenvalue weighted by Crippen LogP contribution is 2.61. The molecule has 6 atom stereocenters. The number of phenolic OH excluding ortho intramolecular Hbond substituents is 1. The van der Waals surface area contributed by atoms with Gasteiger partial charge in [-0.15, -0.1) is 0 Å². The molecular weight excluding hydrogens is 1890 g/mol. The van der Waals surface area contributed by atoms with Gasteiger partial charge in [0, 0.05) is 38.2 Å². The fourth-order valence-corrected chi connectivity index (χ4v) is 22.3. The minimum atomic E-state index is -5.79. The lowest BCUT2D eigenvalue weighted by Crippen LogP contribution is -2.67. The number of aliphatic hydroxyl groups is 2. The lowest BCUT2D eigenvalue weighted by Gasteiger charge is -2.62. The minimum absolute atomic E-state index is 0.0146. The molecule has 776 valence electrons. The molecule has 10 aromatic carbocycles. The maximum Gasteiger partial charge on any atom is 0.313 e. The lowest BCUT2D eigenvalue weighted by molar-refractivity contribution is -0.264. The zero-order valence-corrected chi connectivity index (χ0v) is 88.3. The largest absolute Gasteiger partial charge is 0.744 e. The topological polar surface area (TPSA) is 234 Å². The summed E-state index contributed by atoms with van der Waals surface area (Å²) in [7, 11) is -4.72. The third-order valence-electron chi connectivity index (χ3n) is 27.3. The third kappa shape index (κ3) is 34.6. The normalized spacial score (nSPS) is 18.7. The molecule has 10 aromatic rings. The Morgan fingerprint density at radius 3 is 1.20 bits per heavy atom. The summed E-state index contributed by atoms with van der Waals surface area (Å²) >= 11 is 0. The molecule has 26 heteroatoms. The fourth-order valence-electron chi connectivity index (χ4n) is 17.5. The van der Waals surface area contributed by atoms with E-state index in [-0.39, 0.29) is 82.3 Å². The number of hydrogen-bond acceptors (Lipinski definition) is 16. The second-order valence-corrected chi connectivity index (χ2v) is 46.5. The number of methoxy groups -OCH3 is 1. The molecule has 6 aliphatic rings. The van der Waals surface area contributed by atoms with E-state index in [9.17, 15) is 68.3 Å². The molecule has 0 saturated heterocycles. The minimum Gasteiger partial charge on any atom is -0.744 e. The average molecular weight is 2040 g/mol. The van der Waals surface area contributed by atoms with Crippen molar-refractivity contribution < 1.29 is 107 Å². The highest BCUT2D eigenvalue weighted by Gasteiger charge is 2.65. The van der Waals surface area contributed by atoms with Crippen LogP contribution in [0.4, 0.5) is 30.7 Å². The van der Waals surface area contributed by atoms with E-state index in [0.717, 1.165) is 90.9 Å². The van der Waals surface area contributed by atoms with Gasteiger partial charge >= 0.3 is 17.9 Å². The molecule has 0 amide bonds. The molecule has 6 aliphatic carbocycles. The number of carbonyl (C=O) groups excluding carboxylic acids is 3. The summed E-state index contributed by atoms with van der Waals surface area (Å²) < 4.78 is 167. The number of rotatable bonds is 30. The first-order valence-electron chi connectivity index (χ1n) is 49.9. The highest BCUT2D eigenvalue weighted by atomic mass is 32.2. The molecule has 16 nitrogen and oxygen atoms in total. The summed E-state index contributed by atoms with van der Waals surface area (Å²) in [4.78, 5) is 41.2. The Labute approximate surface area is 848 Å². The molecule has 4 bridgehead atoms. The van der Waals surface area contributed by atoms with Crippen LogP contribution in [0.1, 0.15) is 281 Å². The molecular formula is C117H146F7O16S3+. The van der Waals surface area contributed by atoms with Gasteiger partial charge in [0.15, 0.2) is 41.0 Å². The molecule has 16 rings (SSSR count). The smallest absolute Gasteiger partial charge is 0.313 e. The Balaban J connectivity index is 0.000000189. The second-order valence-electron chi connectivity index (χ2n) is 41.1.